The number of benzene rings is 2. The topological polar surface area (TPSA) is 56.0 Å². The second-order valence-corrected chi connectivity index (χ2v) is 6.03. The molecule has 0 amide bonds. The number of nitrogens with zero attached hydrogens (tertiary/aromatic N) is 5. The van der Waals surface area contributed by atoms with Gasteiger partial charge in [-0.05, 0) is 44.2 Å². The Morgan fingerprint density at radius 3 is 2.52 bits per heavy atom. The third-order valence-electron chi connectivity index (χ3n) is 4.00. The van der Waals surface area contributed by atoms with Crippen molar-refractivity contribution in [3.8, 4) is 5.82 Å². The zero-order valence-corrected chi connectivity index (χ0v) is 14.1. The smallest absolute Gasteiger partial charge is 0.164 e. The van der Waals surface area contributed by atoms with Gasteiger partial charge in [-0.1, -0.05) is 29.3 Å². The van der Waals surface area contributed by atoms with E-state index in [0.29, 0.717) is 5.82 Å². The fourth-order valence-electron chi connectivity index (χ4n) is 2.67. The molecule has 0 bridgehead atoms. The van der Waals surface area contributed by atoms with Crippen LogP contribution in [0.3, 0.4) is 0 Å². The van der Waals surface area contributed by atoms with E-state index in [-0.39, 0.29) is 0 Å². The van der Waals surface area contributed by atoms with Crippen LogP contribution in [0.25, 0.3) is 16.7 Å². The fourth-order valence-corrected chi connectivity index (χ4v) is 2.67. The van der Waals surface area contributed by atoms with Crippen molar-refractivity contribution < 1.29 is 0 Å². The van der Waals surface area contributed by atoms with E-state index in [1.165, 1.54) is 17.5 Å². The highest BCUT2D eigenvalue weighted by molar-refractivity contribution is 5.92. The van der Waals surface area contributed by atoms with Gasteiger partial charge in [0.15, 0.2) is 5.82 Å². The molecule has 4 rings (SSSR count). The Kier molecular flexibility index (Phi) is 3.82. The van der Waals surface area contributed by atoms with Crippen LogP contribution in [0, 0.1) is 13.8 Å². The van der Waals surface area contributed by atoms with Crippen molar-refractivity contribution >= 4 is 22.8 Å². The molecule has 0 unspecified atom stereocenters. The zero-order valence-electron chi connectivity index (χ0n) is 14.1. The number of pyridine rings is 1. The molecule has 0 aliphatic carbocycles. The van der Waals surface area contributed by atoms with Gasteiger partial charge in [-0.2, -0.15) is 5.10 Å². The van der Waals surface area contributed by atoms with Gasteiger partial charge in [0.2, 0.25) is 0 Å². The van der Waals surface area contributed by atoms with Gasteiger partial charge in [0.25, 0.3) is 0 Å². The van der Waals surface area contributed by atoms with Crippen molar-refractivity contribution in [2.45, 2.75) is 13.8 Å². The molecule has 0 aliphatic rings. The first-order chi connectivity index (χ1) is 12.2. The van der Waals surface area contributed by atoms with Crippen LogP contribution in [-0.4, -0.2) is 26.0 Å². The Bertz CT molecular complexity index is 1050. The number of rotatable bonds is 3. The monoisotopic (exact) mass is 327 g/mol. The van der Waals surface area contributed by atoms with Crippen LogP contribution in [0.4, 0.5) is 5.69 Å². The summed E-state index contributed by atoms with van der Waals surface area (Å²) in [6.07, 6.45) is 4.98. The summed E-state index contributed by atoms with van der Waals surface area (Å²) in [5.74, 6) is 0.713. The second kappa shape index (κ2) is 6.28. The number of hydrogen-bond acceptors (Lipinski definition) is 4. The summed E-state index contributed by atoms with van der Waals surface area (Å²) in [7, 11) is 0. The van der Waals surface area contributed by atoms with E-state index in [2.05, 4.69) is 47.1 Å². The van der Waals surface area contributed by atoms with E-state index in [1.54, 1.807) is 11.0 Å². The molecule has 2 aromatic heterocycles. The molecule has 0 N–H and O–H groups in total. The molecule has 0 saturated heterocycles. The van der Waals surface area contributed by atoms with Crippen molar-refractivity contribution in [2.75, 3.05) is 0 Å². The van der Waals surface area contributed by atoms with Gasteiger partial charge in [0, 0.05) is 17.2 Å². The minimum Gasteiger partial charge on any atom is -0.256 e. The van der Waals surface area contributed by atoms with Crippen LogP contribution >= 0.6 is 0 Å². The van der Waals surface area contributed by atoms with E-state index in [9.17, 15) is 0 Å². The SMILES string of the molecule is Cc1ccc(N=Cc2cc3cc(C)ccc3nc2-n2cncn2)cc1. The third kappa shape index (κ3) is 3.17. The molecule has 2 heterocycles. The van der Waals surface area contributed by atoms with E-state index in [0.717, 1.165) is 22.2 Å². The average molecular weight is 327 g/mol. The van der Waals surface area contributed by atoms with Gasteiger partial charge in [0.05, 0.1) is 11.2 Å². The van der Waals surface area contributed by atoms with E-state index >= 15 is 0 Å². The highest BCUT2D eigenvalue weighted by Crippen LogP contribution is 2.20. The molecule has 122 valence electrons. The highest BCUT2D eigenvalue weighted by Gasteiger charge is 2.08. The molecular weight excluding hydrogens is 310 g/mol. The summed E-state index contributed by atoms with van der Waals surface area (Å²) in [6, 6.07) is 16.4. The van der Waals surface area contributed by atoms with Crippen molar-refractivity contribution in [2.24, 2.45) is 4.99 Å². The molecule has 5 heteroatoms. The number of fused-ring (bicyclic) bond motifs is 1. The first-order valence-electron chi connectivity index (χ1n) is 8.06. The first-order valence-corrected chi connectivity index (χ1v) is 8.06. The van der Waals surface area contributed by atoms with Gasteiger partial charge in [-0.3, -0.25) is 4.99 Å². The maximum Gasteiger partial charge on any atom is 0.164 e. The van der Waals surface area contributed by atoms with Gasteiger partial charge in [-0.15, -0.1) is 0 Å². The van der Waals surface area contributed by atoms with Gasteiger partial charge in [-0.25, -0.2) is 14.6 Å². The van der Waals surface area contributed by atoms with Gasteiger partial charge in [0.1, 0.15) is 12.7 Å². The lowest BCUT2D eigenvalue weighted by molar-refractivity contribution is 0.849. The van der Waals surface area contributed by atoms with Crippen LogP contribution in [0.5, 0.6) is 0 Å². The Morgan fingerprint density at radius 1 is 0.960 bits per heavy atom. The first kappa shape index (κ1) is 15.2. The average Bonchev–Trinajstić information content (AvgIpc) is 3.15. The molecule has 0 fully saturated rings. The minimum atomic E-state index is 0.713. The number of aliphatic imine (C=N–C) groups is 1. The van der Waals surface area contributed by atoms with E-state index in [1.807, 2.05) is 36.5 Å². The summed E-state index contributed by atoms with van der Waals surface area (Å²) in [5.41, 5.74) is 5.13. The number of aryl methyl sites for hydroxylation is 2. The van der Waals surface area contributed by atoms with Gasteiger partial charge < -0.3 is 0 Å². The van der Waals surface area contributed by atoms with Crippen LogP contribution in [-0.2, 0) is 0 Å². The molecule has 25 heavy (non-hydrogen) atoms. The van der Waals surface area contributed by atoms with Crippen molar-refractivity contribution in [3.05, 3.63) is 77.9 Å². The Morgan fingerprint density at radius 2 is 1.76 bits per heavy atom. The van der Waals surface area contributed by atoms with E-state index in [4.69, 9.17) is 4.98 Å². The summed E-state index contributed by atoms with van der Waals surface area (Å²) in [4.78, 5) is 13.4. The highest BCUT2D eigenvalue weighted by atomic mass is 15.3. The van der Waals surface area contributed by atoms with E-state index < -0.39 is 0 Å². The zero-order chi connectivity index (χ0) is 17.2. The molecule has 0 radical (unpaired) electrons. The maximum absolute atomic E-state index is 4.75. The molecule has 2 aromatic carbocycles. The largest absolute Gasteiger partial charge is 0.256 e. The normalized spacial score (nSPS) is 11.4. The predicted octanol–water partition coefficient (Wildman–Crippen LogP) is 4.18. The fraction of sp³-hybridized carbons (Fsp3) is 0.100. The summed E-state index contributed by atoms with van der Waals surface area (Å²) in [5, 5.41) is 5.30. The molecule has 5 nitrogen and oxygen atoms in total. The summed E-state index contributed by atoms with van der Waals surface area (Å²) < 4.78 is 1.66. The predicted molar refractivity (Wildman–Crippen MR) is 99.8 cm³/mol. The Hall–Kier alpha value is -3.34. The lowest BCUT2D eigenvalue weighted by atomic mass is 10.1. The lowest BCUT2D eigenvalue weighted by Gasteiger charge is -2.07. The maximum atomic E-state index is 4.75. The molecule has 4 aromatic rings. The van der Waals surface area contributed by atoms with Crippen LogP contribution in [0.1, 0.15) is 16.7 Å². The molecule has 0 saturated carbocycles. The third-order valence-corrected chi connectivity index (χ3v) is 4.00. The minimum absolute atomic E-state index is 0.713. The Labute approximate surface area is 145 Å². The molecule has 0 spiro atoms. The van der Waals surface area contributed by atoms with Crippen molar-refractivity contribution in [1.82, 2.24) is 19.7 Å². The summed E-state index contributed by atoms with van der Waals surface area (Å²) in [6.45, 7) is 4.14. The van der Waals surface area contributed by atoms with Crippen molar-refractivity contribution in [1.29, 1.82) is 0 Å². The number of aromatic nitrogens is 4. The Balaban J connectivity index is 1.84. The molecular formula is C20H17N5. The standard InChI is InChI=1S/C20H17N5/c1-14-3-6-18(7-4-14)22-11-17-10-16-9-15(2)5-8-19(16)24-20(17)25-13-21-12-23-25/h3-13H,1-2H3. The quantitative estimate of drug-likeness (QED) is 0.530. The second-order valence-electron chi connectivity index (χ2n) is 6.03. The van der Waals surface area contributed by atoms with Crippen molar-refractivity contribution in [3.63, 3.8) is 0 Å². The van der Waals surface area contributed by atoms with Gasteiger partial charge >= 0.3 is 0 Å². The van der Waals surface area contributed by atoms with Crippen LogP contribution < -0.4 is 0 Å². The van der Waals surface area contributed by atoms with Crippen LogP contribution in [0.15, 0.2) is 66.2 Å². The molecule has 0 aliphatic heterocycles. The molecule has 0 atom stereocenters. The van der Waals surface area contributed by atoms with Crippen LogP contribution in [0.2, 0.25) is 0 Å². The summed E-state index contributed by atoms with van der Waals surface area (Å²) >= 11 is 0. The number of hydrogen-bond donors (Lipinski definition) is 0. The lowest BCUT2D eigenvalue weighted by Crippen LogP contribution is -2.03.